The van der Waals surface area contributed by atoms with Gasteiger partial charge in [0.2, 0.25) is 0 Å². The summed E-state index contributed by atoms with van der Waals surface area (Å²) in [6.45, 7) is 2.00. The maximum atomic E-state index is 13.2. The normalized spacial score (nSPS) is 10.1. The van der Waals surface area contributed by atoms with Gasteiger partial charge in [0, 0.05) is 19.7 Å². The van der Waals surface area contributed by atoms with E-state index in [2.05, 4.69) is 10.6 Å². The number of carbonyl (C=O) groups is 1. The van der Waals surface area contributed by atoms with Gasteiger partial charge < -0.3 is 21.1 Å². The second-order valence-electron chi connectivity index (χ2n) is 3.62. The summed E-state index contributed by atoms with van der Waals surface area (Å²) in [5.74, 6) is -0.459. The number of halogens is 1. The molecule has 4 N–H and O–H groups in total. The molecule has 100 valence electrons. The predicted molar refractivity (Wildman–Crippen MR) is 67.9 cm³/mol. The molecule has 0 saturated carbocycles. The molecule has 0 aliphatic heterocycles. The van der Waals surface area contributed by atoms with Crippen LogP contribution in [0.25, 0.3) is 0 Å². The number of hydrogen-bond donors (Lipinski definition) is 3. The highest BCUT2D eigenvalue weighted by atomic mass is 19.1. The summed E-state index contributed by atoms with van der Waals surface area (Å²) in [5, 5.41) is 5.03. The molecule has 6 heteroatoms. The Hall–Kier alpha value is -1.66. The molecular formula is C12H18FN3O2. The number of ether oxygens (including phenoxy) is 1. The smallest absolute Gasteiger partial charge is 0.319 e. The lowest BCUT2D eigenvalue weighted by Crippen LogP contribution is -2.30. The number of carbonyl (C=O) groups excluding carboxylic acids is 1. The molecule has 0 spiro atoms. The summed E-state index contributed by atoms with van der Waals surface area (Å²) < 4.78 is 18.3. The average Bonchev–Trinajstić information content (AvgIpc) is 2.36. The monoisotopic (exact) mass is 255 g/mol. The number of urea groups is 1. The van der Waals surface area contributed by atoms with Crippen molar-refractivity contribution in [2.24, 2.45) is 5.73 Å². The third-order valence-corrected chi connectivity index (χ3v) is 2.14. The minimum atomic E-state index is -0.459. The van der Waals surface area contributed by atoms with Crippen LogP contribution in [0.1, 0.15) is 6.42 Å². The Labute approximate surface area is 106 Å². The minimum absolute atomic E-state index is 0.161. The number of nitrogens with one attached hydrogen (secondary N) is 2. The van der Waals surface area contributed by atoms with Gasteiger partial charge in [0.05, 0.1) is 12.3 Å². The number of amides is 2. The first-order valence-corrected chi connectivity index (χ1v) is 5.81. The van der Waals surface area contributed by atoms with E-state index in [0.29, 0.717) is 32.7 Å². The zero-order chi connectivity index (χ0) is 13.2. The van der Waals surface area contributed by atoms with Crippen molar-refractivity contribution in [3.05, 3.63) is 30.1 Å². The van der Waals surface area contributed by atoms with Gasteiger partial charge in [0.25, 0.3) is 0 Å². The van der Waals surface area contributed by atoms with Crippen molar-refractivity contribution in [3.63, 3.8) is 0 Å². The van der Waals surface area contributed by atoms with Crippen LogP contribution in [0, 0.1) is 5.82 Å². The van der Waals surface area contributed by atoms with Crippen molar-refractivity contribution in [1.29, 1.82) is 0 Å². The van der Waals surface area contributed by atoms with Crippen molar-refractivity contribution in [2.45, 2.75) is 6.42 Å². The van der Waals surface area contributed by atoms with E-state index in [1.54, 1.807) is 12.1 Å². The first-order valence-electron chi connectivity index (χ1n) is 5.81. The van der Waals surface area contributed by atoms with E-state index >= 15 is 0 Å². The van der Waals surface area contributed by atoms with E-state index in [4.69, 9.17) is 10.5 Å². The topological polar surface area (TPSA) is 76.4 Å². The van der Waals surface area contributed by atoms with Gasteiger partial charge in [0.1, 0.15) is 5.82 Å². The predicted octanol–water partition coefficient (Wildman–Crippen LogP) is 1.31. The lowest BCUT2D eigenvalue weighted by atomic mass is 10.3. The molecule has 0 heterocycles. The molecule has 1 aromatic carbocycles. The number of benzene rings is 1. The molecule has 1 rings (SSSR count). The van der Waals surface area contributed by atoms with E-state index < -0.39 is 11.8 Å². The van der Waals surface area contributed by atoms with Crippen LogP contribution in [0.4, 0.5) is 14.9 Å². The second-order valence-corrected chi connectivity index (χ2v) is 3.62. The highest BCUT2D eigenvalue weighted by Crippen LogP contribution is 2.11. The molecule has 0 unspecified atom stereocenters. The Morgan fingerprint density at radius 2 is 2.11 bits per heavy atom. The molecule has 0 saturated heterocycles. The van der Waals surface area contributed by atoms with Crippen LogP contribution < -0.4 is 16.4 Å². The fraction of sp³-hybridized carbons (Fsp3) is 0.417. The molecule has 0 fully saturated rings. The van der Waals surface area contributed by atoms with Crippen molar-refractivity contribution in [2.75, 3.05) is 31.6 Å². The summed E-state index contributed by atoms with van der Waals surface area (Å²) in [4.78, 5) is 11.4. The van der Waals surface area contributed by atoms with Crippen LogP contribution in [0.2, 0.25) is 0 Å². The molecule has 5 nitrogen and oxygen atoms in total. The largest absolute Gasteiger partial charge is 0.380 e. The first-order chi connectivity index (χ1) is 8.74. The van der Waals surface area contributed by atoms with Gasteiger partial charge in [-0.25, -0.2) is 9.18 Å². The molecule has 0 aliphatic carbocycles. The first kappa shape index (κ1) is 14.4. The fourth-order valence-electron chi connectivity index (χ4n) is 1.29. The maximum absolute atomic E-state index is 13.2. The standard InChI is InChI=1S/C12H18FN3O2/c13-10-4-1-2-5-11(10)16-12(17)15-7-3-8-18-9-6-14/h1-2,4-5H,3,6-9,14H2,(H2,15,16,17). The minimum Gasteiger partial charge on any atom is -0.380 e. The Bertz CT molecular complexity index is 374. The number of anilines is 1. The van der Waals surface area contributed by atoms with Gasteiger partial charge in [-0.3, -0.25) is 0 Å². The van der Waals surface area contributed by atoms with Crippen molar-refractivity contribution < 1.29 is 13.9 Å². The van der Waals surface area contributed by atoms with E-state index in [1.165, 1.54) is 12.1 Å². The van der Waals surface area contributed by atoms with E-state index in [0.717, 1.165) is 0 Å². The summed E-state index contributed by atoms with van der Waals surface area (Å²) in [6, 6.07) is 5.57. The SMILES string of the molecule is NCCOCCCNC(=O)Nc1ccccc1F. The van der Waals surface area contributed by atoms with Crippen LogP contribution >= 0.6 is 0 Å². The zero-order valence-corrected chi connectivity index (χ0v) is 10.1. The number of rotatable bonds is 7. The zero-order valence-electron chi connectivity index (χ0n) is 10.1. The number of para-hydroxylation sites is 1. The summed E-state index contributed by atoms with van der Waals surface area (Å²) >= 11 is 0. The van der Waals surface area contributed by atoms with Crippen LogP contribution in [0.5, 0.6) is 0 Å². The highest BCUT2D eigenvalue weighted by molar-refractivity contribution is 5.89. The van der Waals surface area contributed by atoms with Gasteiger partial charge in [-0.05, 0) is 18.6 Å². The quantitative estimate of drug-likeness (QED) is 0.643. The number of hydrogen-bond acceptors (Lipinski definition) is 3. The van der Waals surface area contributed by atoms with Crippen molar-refractivity contribution in [3.8, 4) is 0 Å². The Morgan fingerprint density at radius 1 is 1.33 bits per heavy atom. The second kappa shape index (κ2) is 8.43. The van der Waals surface area contributed by atoms with Crippen molar-refractivity contribution >= 4 is 11.7 Å². The third-order valence-electron chi connectivity index (χ3n) is 2.14. The van der Waals surface area contributed by atoms with Gasteiger partial charge >= 0.3 is 6.03 Å². The third kappa shape index (κ3) is 5.60. The highest BCUT2D eigenvalue weighted by Gasteiger charge is 2.04. The van der Waals surface area contributed by atoms with Crippen LogP contribution in [0.15, 0.2) is 24.3 Å². The molecule has 0 radical (unpaired) electrons. The van der Waals surface area contributed by atoms with Crippen molar-refractivity contribution in [1.82, 2.24) is 5.32 Å². The van der Waals surface area contributed by atoms with Crippen LogP contribution in [-0.2, 0) is 4.74 Å². The Balaban J connectivity index is 2.16. The van der Waals surface area contributed by atoms with E-state index in [1.807, 2.05) is 0 Å². The fourth-order valence-corrected chi connectivity index (χ4v) is 1.29. The molecule has 1 aromatic rings. The van der Waals surface area contributed by atoms with Gasteiger partial charge in [0.15, 0.2) is 0 Å². The molecule has 0 aromatic heterocycles. The summed E-state index contributed by atoms with van der Waals surface area (Å²) in [6.07, 6.45) is 0.685. The molecule has 2 amide bonds. The summed E-state index contributed by atoms with van der Waals surface area (Å²) in [7, 11) is 0. The maximum Gasteiger partial charge on any atom is 0.319 e. The number of nitrogens with two attached hydrogens (primary N) is 1. The Morgan fingerprint density at radius 3 is 2.83 bits per heavy atom. The Kier molecular flexibility index (Phi) is 6.75. The lowest BCUT2D eigenvalue weighted by Gasteiger charge is -2.08. The molecule has 0 aliphatic rings. The van der Waals surface area contributed by atoms with Crippen LogP contribution in [-0.4, -0.2) is 32.3 Å². The van der Waals surface area contributed by atoms with Gasteiger partial charge in [-0.2, -0.15) is 0 Å². The molecule has 0 atom stereocenters. The average molecular weight is 255 g/mol. The molecular weight excluding hydrogens is 237 g/mol. The lowest BCUT2D eigenvalue weighted by molar-refractivity contribution is 0.139. The summed E-state index contributed by atoms with van der Waals surface area (Å²) in [5.41, 5.74) is 5.41. The van der Waals surface area contributed by atoms with Gasteiger partial charge in [-0.15, -0.1) is 0 Å². The molecule has 18 heavy (non-hydrogen) atoms. The molecule has 0 bridgehead atoms. The van der Waals surface area contributed by atoms with E-state index in [-0.39, 0.29) is 5.69 Å². The van der Waals surface area contributed by atoms with E-state index in [9.17, 15) is 9.18 Å². The van der Waals surface area contributed by atoms with Gasteiger partial charge in [-0.1, -0.05) is 12.1 Å². The van der Waals surface area contributed by atoms with Crippen LogP contribution in [0.3, 0.4) is 0 Å².